The van der Waals surface area contributed by atoms with Gasteiger partial charge in [0.15, 0.2) is 0 Å². The van der Waals surface area contributed by atoms with Crippen LogP contribution in [-0.4, -0.2) is 61.5 Å². The van der Waals surface area contributed by atoms with Gasteiger partial charge in [-0.1, -0.05) is 0 Å². The summed E-state index contributed by atoms with van der Waals surface area (Å²) in [4.78, 5) is 16.0. The number of likely N-dealkylation sites (N-methyl/N-ethyl adjacent to an activating group) is 1. The molecular formula is C9H17N3O. The molecule has 1 amide bonds. The zero-order valence-corrected chi connectivity index (χ0v) is 8.12. The van der Waals surface area contributed by atoms with E-state index in [1.807, 2.05) is 4.90 Å². The fraction of sp³-hybridized carbons (Fsp3) is 0.889. The number of amides is 1. The largest absolute Gasteiger partial charge is 0.339 e. The first kappa shape index (κ1) is 8.97. The molecule has 0 aromatic heterocycles. The minimum atomic E-state index is 0.128. The highest BCUT2D eigenvalue weighted by Gasteiger charge is 2.29. The third-order valence-corrected chi connectivity index (χ3v) is 2.94. The summed E-state index contributed by atoms with van der Waals surface area (Å²) in [6.45, 7) is 4.82. The number of hydrogen-bond acceptors (Lipinski definition) is 3. The van der Waals surface area contributed by atoms with E-state index in [9.17, 15) is 4.79 Å². The molecule has 13 heavy (non-hydrogen) atoms. The lowest BCUT2D eigenvalue weighted by Gasteiger charge is -2.37. The predicted octanol–water partition coefficient (Wildman–Crippen LogP) is -0.878. The molecular weight excluding hydrogens is 166 g/mol. The van der Waals surface area contributed by atoms with Gasteiger partial charge >= 0.3 is 0 Å². The molecule has 2 heterocycles. The Morgan fingerprint density at radius 3 is 2.38 bits per heavy atom. The molecule has 2 fully saturated rings. The maximum Gasteiger partial charge on any atom is 0.239 e. The Morgan fingerprint density at radius 2 is 1.92 bits per heavy atom. The Labute approximate surface area is 78.9 Å². The van der Waals surface area contributed by atoms with E-state index < -0.39 is 0 Å². The Morgan fingerprint density at radius 1 is 1.31 bits per heavy atom. The van der Waals surface area contributed by atoms with E-state index in [4.69, 9.17) is 0 Å². The summed E-state index contributed by atoms with van der Waals surface area (Å²) in [7, 11) is 2.10. The molecule has 2 aliphatic rings. The highest BCUT2D eigenvalue weighted by atomic mass is 16.2. The molecule has 1 atom stereocenters. The Hall–Kier alpha value is -0.610. The fourth-order valence-electron chi connectivity index (χ4n) is 1.75. The van der Waals surface area contributed by atoms with Gasteiger partial charge in [-0.25, -0.2) is 0 Å². The Kier molecular flexibility index (Phi) is 2.51. The summed E-state index contributed by atoms with van der Waals surface area (Å²) in [6, 6.07) is 0.128. The first-order chi connectivity index (χ1) is 6.27. The van der Waals surface area contributed by atoms with Gasteiger partial charge in [-0.15, -0.1) is 0 Å². The summed E-state index contributed by atoms with van der Waals surface area (Å²) in [6.07, 6.45) is 1.02. The third-order valence-electron chi connectivity index (χ3n) is 2.94. The maximum absolute atomic E-state index is 11.7. The van der Waals surface area contributed by atoms with Crippen molar-refractivity contribution in [1.82, 2.24) is 15.1 Å². The number of carbonyl (C=O) groups excluding carboxylic acids is 1. The van der Waals surface area contributed by atoms with Crippen LogP contribution in [0.5, 0.6) is 0 Å². The molecule has 0 aliphatic carbocycles. The van der Waals surface area contributed by atoms with Gasteiger partial charge in [0.2, 0.25) is 5.91 Å². The zero-order chi connectivity index (χ0) is 9.26. The van der Waals surface area contributed by atoms with Crippen LogP contribution in [0.15, 0.2) is 0 Å². The van der Waals surface area contributed by atoms with Crippen LogP contribution in [0.25, 0.3) is 0 Å². The summed E-state index contributed by atoms with van der Waals surface area (Å²) < 4.78 is 0. The third kappa shape index (κ3) is 1.84. The molecule has 0 radical (unpaired) electrons. The minimum Gasteiger partial charge on any atom is -0.339 e. The van der Waals surface area contributed by atoms with Gasteiger partial charge in [0, 0.05) is 26.2 Å². The lowest BCUT2D eigenvalue weighted by atomic mass is 10.1. The van der Waals surface area contributed by atoms with Gasteiger partial charge in [0.1, 0.15) is 0 Å². The second-order valence-corrected chi connectivity index (χ2v) is 3.92. The van der Waals surface area contributed by atoms with Crippen molar-refractivity contribution in [3.8, 4) is 0 Å². The Bertz CT molecular complexity index is 195. The Balaban J connectivity index is 1.83. The van der Waals surface area contributed by atoms with Gasteiger partial charge < -0.3 is 15.1 Å². The number of carbonyl (C=O) groups is 1. The van der Waals surface area contributed by atoms with Gasteiger partial charge in [-0.3, -0.25) is 4.79 Å². The van der Waals surface area contributed by atoms with Crippen LogP contribution in [0.2, 0.25) is 0 Å². The van der Waals surface area contributed by atoms with Crippen LogP contribution in [-0.2, 0) is 4.79 Å². The first-order valence-electron chi connectivity index (χ1n) is 4.98. The van der Waals surface area contributed by atoms with Crippen LogP contribution >= 0.6 is 0 Å². The average Bonchev–Trinajstić information content (AvgIpc) is 2.02. The van der Waals surface area contributed by atoms with Crippen molar-refractivity contribution in [2.24, 2.45) is 0 Å². The minimum absolute atomic E-state index is 0.128. The second-order valence-electron chi connectivity index (χ2n) is 3.92. The van der Waals surface area contributed by atoms with E-state index in [1.165, 1.54) is 0 Å². The van der Waals surface area contributed by atoms with Crippen LogP contribution in [0.4, 0.5) is 0 Å². The molecule has 0 spiro atoms. The van der Waals surface area contributed by atoms with E-state index in [0.29, 0.717) is 5.91 Å². The SMILES string of the molecule is CN1CCN(C(=O)C2CCN2)CC1. The smallest absolute Gasteiger partial charge is 0.239 e. The summed E-state index contributed by atoms with van der Waals surface area (Å²) in [5.74, 6) is 0.305. The molecule has 4 nitrogen and oxygen atoms in total. The number of hydrogen-bond donors (Lipinski definition) is 1. The molecule has 4 heteroatoms. The summed E-state index contributed by atoms with van der Waals surface area (Å²) in [5, 5.41) is 3.15. The van der Waals surface area contributed by atoms with Crippen LogP contribution in [0.1, 0.15) is 6.42 Å². The van der Waals surface area contributed by atoms with Crippen molar-refractivity contribution in [1.29, 1.82) is 0 Å². The van der Waals surface area contributed by atoms with Crippen molar-refractivity contribution < 1.29 is 4.79 Å². The second kappa shape index (κ2) is 3.64. The van der Waals surface area contributed by atoms with Crippen LogP contribution in [0, 0.1) is 0 Å². The van der Waals surface area contributed by atoms with Crippen molar-refractivity contribution in [3.05, 3.63) is 0 Å². The van der Waals surface area contributed by atoms with Gasteiger partial charge in [-0.05, 0) is 20.0 Å². The number of nitrogens with zero attached hydrogens (tertiary/aromatic N) is 2. The predicted molar refractivity (Wildman–Crippen MR) is 50.5 cm³/mol. The van der Waals surface area contributed by atoms with Crippen LogP contribution < -0.4 is 5.32 Å². The molecule has 0 aromatic carbocycles. The van der Waals surface area contributed by atoms with Crippen molar-refractivity contribution in [3.63, 3.8) is 0 Å². The average molecular weight is 183 g/mol. The molecule has 0 saturated carbocycles. The summed E-state index contributed by atoms with van der Waals surface area (Å²) in [5.41, 5.74) is 0. The maximum atomic E-state index is 11.7. The van der Waals surface area contributed by atoms with Gasteiger partial charge in [-0.2, -0.15) is 0 Å². The van der Waals surface area contributed by atoms with Crippen molar-refractivity contribution >= 4 is 5.91 Å². The van der Waals surface area contributed by atoms with E-state index in [0.717, 1.165) is 39.1 Å². The van der Waals surface area contributed by atoms with E-state index in [-0.39, 0.29) is 6.04 Å². The van der Waals surface area contributed by atoms with E-state index in [2.05, 4.69) is 17.3 Å². The summed E-state index contributed by atoms with van der Waals surface area (Å²) >= 11 is 0. The molecule has 1 N–H and O–H groups in total. The lowest BCUT2D eigenvalue weighted by Crippen LogP contribution is -2.58. The molecule has 1 unspecified atom stereocenters. The standard InChI is InChI=1S/C9H17N3O/c1-11-4-6-12(7-5-11)9(13)8-2-3-10-8/h8,10H,2-7H2,1H3. The molecule has 0 bridgehead atoms. The molecule has 2 aliphatic heterocycles. The highest BCUT2D eigenvalue weighted by Crippen LogP contribution is 2.08. The quantitative estimate of drug-likeness (QED) is 0.573. The van der Waals surface area contributed by atoms with Crippen LogP contribution in [0.3, 0.4) is 0 Å². The fourth-order valence-corrected chi connectivity index (χ4v) is 1.75. The number of nitrogens with one attached hydrogen (secondary N) is 1. The first-order valence-corrected chi connectivity index (χ1v) is 4.98. The lowest BCUT2D eigenvalue weighted by molar-refractivity contribution is -0.136. The van der Waals surface area contributed by atoms with E-state index in [1.54, 1.807) is 0 Å². The highest BCUT2D eigenvalue weighted by molar-refractivity contribution is 5.82. The molecule has 2 saturated heterocycles. The normalized spacial score (nSPS) is 29.9. The number of rotatable bonds is 1. The van der Waals surface area contributed by atoms with E-state index >= 15 is 0 Å². The van der Waals surface area contributed by atoms with Crippen molar-refractivity contribution in [2.45, 2.75) is 12.5 Å². The molecule has 0 aromatic rings. The monoisotopic (exact) mass is 183 g/mol. The molecule has 2 rings (SSSR count). The zero-order valence-electron chi connectivity index (χ0n) is 8.12. The van der Waals surface area contributed by atoms with Gasteiger partial charge in [0.25, 0.3) is 0 Å². The van der Waals surface area contributed by atoms with Crippen molar-refractivity contribution in [2.75, 3.05) is 39.8 Å². The van der Waals surface area contributed by atoms with Gasteiger partial charge in [0.05, 0.1) is 6.04 Å². The molecule has 74 valence electrons. The number of piperazine rings is 1. The topological polar surface area (TPSA) is 35.6 Å².